The Hall–Kier alpha value is -2.61. The second-order valence-corrected chi connectivity index (χ2v) is 5.07. The van der Waals surface area contributed by atoms with Crippen LogP contribution in [-0.2, 0) is 9.59 Å². The Labute approximate surface area is 130 Å². The fourth-order valence-electron chi connectivity index (χ4n) is 2.20. The van der Waals surface area contributed by atoms with Gasteiger partial charge >= 0.3 is 0 Å². The molecule has 1 aromatic heterocycles. The fraction of sp³-hybridized carbons (Fsp3) is 0.231. The lowest BCUT2D eigenvalue weighted by molar-refractivity contribution is -0.125. The molecule has 8 nitrogen and oxygen atoms in total. The van der Waals surface area contributed by atoms with Gasteiger partial charge in [0.25, 0.3) is 0 Å². The van der Waals surface area contributed by atoms with Crippen molar-refractivity contribution in [1.29, 1.82) is 0 Å². The number of fused-ring (bicyclic) bond motifs is 1. The Balaban J connectivity index is 1.87. The Kier molecular flexibility index (Phi) is 3.68. The first-order chi connectivity index (χ1) is 10.6. The van der Waals surface area contributed by atoms with Crippen molar-refractivity contribution in [2.24, 2.45) is 0 Å². The predicted molar refractivity (Wildman–Crippen MR) is 78.9 cm³/mol. The van der Waals surface area contributed by atoms with E-state index in [1.54, 1.807) is 18.2 Å². The predicted octanol–water partition coefficient (Wildman–Crippen LogP) is 1.46. The third-order valence-electron chi connectivity index (χ3n) is 3.22. The number of hydrogen-bond acceptors (Lipinski definition) is 5. The Morgan fingerprint density at radius 1 is 1.55 bits per heavy atom. The minimum Gasteiger partial charge on any atom is -0.495 e. The molecule has 2 aromatic rings. The van der Waals surface area contributed by atoms with Crippen LogP contribution in [0, 0.1) is 0 Å². The summed E-state index contributed by atoms with van der Waals surface area (Å²) in [7, 11) is 1.49. The molecular formula is C13H12ClN5O3. The zero-order chi connectivity index (χ0) is 15.7. The lowest BCUT2D eigenvalue weighted by atomic mass is 10.1. The molecule has 9 heteroatoms. The van der Waals surface area contributed by atoms with Crippen LogP contribution in [0.5, 0.6) is 5.75 Å². The minimum atomic E-state index is -0.782. The molecule has 2 amide bonds. The molecule has 0 radical (unpaired) electrons. The number of methoxy groups -OCH3 is 1. The van der Waals surface area contributed by atoms with Crippen LogP contribution in [0.4, 0.5) is 11.6 Å². The monoisotopic (exact) mass is 321 g/mol. The maximum Gasteiger partial charge on any atom is 0.250 e. The third-order valence-corrected chi connectivity index (χ3v) is 3.46. The standard InChI is InChI=1S/C13H12ClN5O3/c1-22-10-3-2-7(14)4-8(10)17-12(21)9-5-11(20)18-13-15-6-16-19(9)13/h2-4,6,9H,5H2,1H3,(H,17,21)(H,15,16,18,20)/t9-/m0/s1. The topological polar surface area (TPSA) is 98.1 Å². The molecule has 22 heavy (non-hydrogen) atoms. The van der Waals surface area contributed by atoms with Crippen LogP contribution < -0.4 is 15.4 Å². The number of halogens is 1. The number of nitrogens with zero attached hydrogens (tertiary/aromatic N) is 3. The number of amides is 2. The average molecular weight is 322 g/mol. The van der Waals surface area contributed by atoms with E-state index < -0.39 is 11.9 Å². The van der Waals surface area contributed by atoms with Gasteiger partial charge in [-0.15, -0.1) is 0 Å². The Morgan fingerprint density at radius 3 is 3.14 bits per heavy atom. The van der Waals surface area contributed by atoms with Gasteiger partial charge in [0.1, 0.15) is 18.1 Å². The van der Waals surface area contributed by atoms with Crippen LogP contribution in [0.3, 0.4) is 0 Å². The largest absolute Gasteiger partial charge is 0.495 e. The van der Waals surface area contributed by atoms with Gasteiger partial charge in [-0.1, -0.05) is 11.6 Å². The number of benzene rings is 1. The van der Waals surface area contributed by atoms with Crippen molar-refractivity contribution >= 4 is 35.1 Å². The first-order valence-electron chi connectivity index (χ1n) is 6.42. The van der Waals surface area contributed by atoms with Crippen molar-refractivity contribution in [2.45, 2.75) is 12.5 Å². The zero-order valence-corrected chi connectivity index (χ0v) is 12.3. The summed E-state index contributed by atoms with van der Waals surface area (Å²) in [5, 5.41) is 9.68. The number of carbonyl (C=O) groups excluding carboxylic acids is 2. The first-order valence-corrected chi connectivity index (χ1v) is 6.80. The highest BCUT2D eigenvalue weighted by Crippen LogP contribution is 2.29. The van der Waals surface area contributed by atoms with Crippen molar-refractivity contribution in [3.63, 3.8) is 0 Å². The van der Waals surface area contributed by atoms with E-state index in [1.807, 2.05) is 0 Å². The summed E-state index contributed by atoms with van der Waals surface area (Å²) in [5.74, 6) is 0.0205. The van der Waals surface area contributed by atoms with Crippen LogP contribution in [0.15, 0.2) is 24.5 Å². The highest BCUT2D eigenvalue weighted by atomic mass is 35.5. The van der Waals surface area contributed by atoms with E-state index in [2.05, 4.69) is 20.7 Å². The molecule has 0 bridgehead atoms. The average Bonchev–Trinajstić information content (AvgIpc) is 2.94. The van der Waals surface area contributed by atoms with E-state index in [0.29, 0.717) is 16.5 Å². The van der Waals surface area contributed by atoms with Gasteiger partial charge in [-0.05, 0) is 18.2 Å². The van der Waals surface area contributed by atoms with Gasteiger partial charge in [0.15, 0.2) is 0 Å². The Morgan fingerprint density at radius 2 is 2.36 bits per heavy atom. The molecule has 1 aromatic carbocycles. The molecule has 2 N–H and O–H groups in total. The van der Waals surface area contributed by atoms with E-state index >= 15 is 0 Å². The highest BCUT2D eigenvalue weighted by molar-refractivity contribution is 6.31. The van der Waals surface area contributed by atoms with Crippen molar-refractivity contribution in [3.05, 3.63) is 29.5 Å². The van der Waals surface area contributed by atoms with Gasteiger partial charge in [-0.3, -0.25) is 14.9 Å². The van der Waals surface area contributed by atoms with Gasteiger partial charge in [0.05, 0.1) is 19.2 Å². The Bertz CT molecular complexity index is 745. The second-order valence-electron chi connectivity index (χ2n) is 4.63. The van der Waals surface area contributed by atoms with Crippen molar-refractivity contribution < 1.29 is 14.3 Å². The summed E-state index contributed by atoms with van der Waals surface area (Å²) in [6, 6.07) is 4.09. The van der Waals surface area contributed by atoms with E-state index in [9.17, 15) is 9.59 Å². The number of carbonyl (C=O) groups is 2. The SMILES string of the molecule is COc1ccc(Cl)cc1NC(=O)[C@@H]1CC(=O)Nc2ncnn21. The number of anilines is 2. The quantitative estimate of drug-likeness (QED) is 0.892. The summed E-state index contributed by atoms with van der Waals surface area (Å²) in [5.41, 5.74) is 0.424. The van der Waals surface area contributed by atoms with Crippen LogP contribution in [-0.4, -0.2) is 33.7 Å². The van der Waals surface area contributed by atoms with E-state index in [1.165, 1.54) is 18.1 Å². The van der Waals surface area contributed by atoms with Gasteiger partial charge in [-0.25, -0.2) is 4.68 Å². The summed E-state index contributed by atoms with van der Waals surface area (Å²) < 4.78 is 6.55. The van der Waals surface area contributed by atoms with E-state index in [4.69, 9.17) is 16.3 Å². The van der Waals surface area contributed by atoms with Crippen LogP contribution in [0.2, 0.25) is 5.02 Å². The molecule has 0 saturated carbocycles. The van der Waals surface area contributed by atoms with Crippen molar-refractivity contribution in [1.82, 2.24) is 14.8 Å². The molecule has 0 unspecified atom stereocenters. The van der Waals surface area contributed by atoms with E-state index in [0.717, 1.165) is 0 Å². The molecular weight excluding hydrogens is 310 g/mol. The molecule has 0 fully saturated rings. The minimum absolute atomic E-state index is 0.0227. The van der Waals surface area contributed by atoms with Crippen LogP contribution >= 0.6 is 11.6 Å². The smallest absolute Gasteiger partial charge is 0.250 e. The zero-order valence-electron chi connectivity index (χ0n) is 11.5. The van der Waals surface area contributed by atoms with Gasteiger partial charge in [0.2, 0.25) is 17.8 Å². The molecule has 3 rings (SSSR count). The number of ether oxygens (including phenoxy) is 1. The summed E-state index contributed by atoms with van der Waals surface area (Å²) >= 11 is 5.93. The normalized spacial score (nSPS) is 16.6. The molecule has 0 spiro atoms. The van der Waals surface area contributed by atoms with Gasteiger partial charge in [-0.2, -0.15) is 10.1 Å². The van der Waals surface area contributed by atoms with Crippen molar-refractivity contribution in [2.75, 3.05) is 17.7 Å². The molecule has 1 aliphatic rings. The lowest BCUT2D eigenvalue weighted by Gasteiger charge is -2.23. The molecule has 2 heterocycles. The van der Waals surface area contributed by atoms with E-state index in [-0.39, 0.29) is 18.3 Å². The molecule has 0 saturated heterocycles. The fourth-order valence-corrected chi connectivity index (χ4v) is 2.38. The maximum absolute atomic E-state index is 12.5. The molecule has 0 aliphatic carbocycles. The van der Waals surface area contributed by atoms with Crippen molar-refractivity contribution in [3.8, 4) is 5.75 Å². The van der Waals surface area contributed by atoms with Gasteiger partial charge in [0, 0.05) is 5.02 Å². The summed E-state index contributed by atoms with van der Waals surface area (Å²) in [6.07, 6.45) is 1.26. The number of aromatic nitrogens is 3. The number of rotatable bonds is 3. The maximum atomic E-state index is 12.5. The number of nitrogens with one attached hydrogen (secondary N) is 2. The first kappa shape index (κ1) is 14.3. The van der Waals surface area contributed by atoms with Gasteiger partial charge < -0.3 is 10.1 Å². The second kappa shape index (κ2) is 5.64. The summed E-state index contributed by atoms with van der Waals surface area (Å²) in [6.45, 7) is 0. The lowest BCUT2D eigenvalue weighted by Crippen LogP contribution is -2.36. The highest BCUT2D eigenvalue weighted by Gasteiger charge is 2.32. The molecule has 1 aliphatic heterocycles. The van der Waals surface area contributed by atoms with Crippen LogP contribution in [0.1, 0.15) is 12.5 Å². The number of hydrogen-bond donors (Lipinski definition) is 2. The molecule has 1 atom stereocenters. The summed E-state index contributed by atoms with van der Waals surface area (Å²) in [4.78, 5) is 28.0. The molecule has 114 valence electrons. The van der Waals surface area contributed by atoms with Crippen LogP contribution in [0.25, 0.3) is 0 Å². The third kappa shape index (κ3) is 2.60.